The topological polar surface area (TPSA) is 73.8 Å². The molecule has 82 heavy (non-hydrogen) atoms. The number of ether oxygens (including phenoxy) is 8. The molecule has 0 N–H and O–H groups in total. The molecule has 0 atom stereocenters. The zero-order chi connectivity index (χ0) is 56.8. The highest BCUT2D eigenvalue weighted by Crippen LogP contribution is 2.27. The van der Waals surface area contributed by atoms with Crippen molar-refractivity contribution in [2.45, 2.75) is 68.2 Å². The Morgan fingerprint density at radius 3 is 0.817 bits per heavy atom. The van der Waals surface area contributed by atoms with Crippen molar-refractivity contribution >= 4 is 43.1 Å². The second kappa shape index (κ2) is 41.3. The Balaban J connectivity index is 0.000000259. The second-order valence-electron chi connectivity index (χ2n) is 18.4. The van der Waals surface area contributed by atoms with Crippen molar-refractivity contribution in [2.24, 2.45) is 0 Å². The van der Waals surface area contributed by atoms with Crippen molar-refractivity contribution in [1.29, 1.82) is 0 Å². The average molecular weight is 1110 g/mol. The van der Waals surface area contributed by atoms with Crippen molar-refractivity contribution < 1.29 is 37.9 Å². The third-order valence-corrected chi connectivity index (χ3v) is 12.8. The molecule has 436 valence electrons. The lowest BCUT2D eigenvalue weighted by molar-refractivity contribution is 0.146. The minimum atomic E-state index is 0. The summed E-state index contributed by atoms with van der Waals surface area (Å²) in [6.45, 7) is 13.6. The molecule has 10 aromatic carbocycles. The zero-order valence-electron chi connectivity index (χ0n) is 48.5. The number of fused-ring (bicyclic) bond motifs is 4. The van der Waals surface area contributed by atoms with Crippen LogP contribution in [0.1, 0.15) is 64.8 Å². The number of aryl methyl sites for hydroxylation is 4. The molecule has 0 aliphatic rings. The SMILES string of the molecule is C.C.CCc1ccc(CC)cc1.CCc1ccc(CC)cc1.COCCOc1ccc2ccccc2c1.COCCOc1ccc2ccccc2c1.COCCOc1cccc2ccccc12.COCCOc1cccc2ccccc12. The fourth-order valence-corrected chi connectivity index (χ4v) is 8.13. The van der Waals surface area contributed by atoms with Crippen LogP contribution >= 0.6 is 0 Å². The van der Waals surface area contributed by atoms with E-state index in [2.05, 4.69) is 149 Å². The monoisotopic (exact) mass is 1110 g/mol. The molecule has 0 unspecified atom stereocenters. The molecule has 0 amide bonds. The zero-order valence-corrected chi connectivity index (χ0v) is 48.5. The fraction of sp³-hybridized carbons (Fsp3) is 0.297. The Labute approximate surface area is 491 Å². The van der Waals surface area contributed by atoms with E-state index >= 15 is 0 Å². The molecular weight excluding hydrogens is 1020 g/mol. The van der Waals surface area contributed by atoms with Crippen LogP contribution in [0.25, 0.3) is 43.1 Å². The van der Waals surface area contributed by atoms with E-state index in [1.807, 2.05) is 97.1 Å². The van der Waals surface area contributed by atoms with Gasteiger partial charge in [0.05, 0.1) is 26.4 Å². The third kappa shape index (κ3) is 24.6. The van der Waals surface area contributed by atoms with Crippen LogP contribution in [-0.2, 0) is 44.6 Å². The number of hydrogen-bond donors (Lipinski definition) is 0. The summed E-state index contributed by atoms with van der Waals surface area (Å²) in [7, 11) is 6.69. The predicted molar refractivity (Wildman–Crippen MR) is 349 cm³/mol. The van der Waals surface area contributed by atoms with Gasteiger partial charge in [0.1, 0.15) is 49.4 Å². The highest BCUT2D eigenvalue weighted by Gasteiger charge is 2.03. The first-order chi connectivity index (χ1) is 39.4. The first kappa shape index (κ1) is 68.6. The maximum Gasteiger partial charge on any atom is 0.127 e. The molecule has 0 bridgehead atoms. The summed E-state index contributed by atoms with van der Waals surface area (Å²) < 4.78 is 42.1. The number of rotatable bonds is 20. The van der Waals surface area contributed by atoms with Gasteiger partial charge in [-0.1, -0.05) is 225 Å². The van der Waals surface area contributed by atoms with Crippen LogP contribution in [0, 0.1) is 0 Å². The van der Waals surface area contributed by atoms with E-state index in [0.717, 1.165) is 59.5 Å². The van der Waals surface area contributed by atoms with Gasteiger partial charge >= 0.3 is 0 Å². The number of hydrogen-bond acceptors (Lipinski definition) is 8. The molecule has 0 heterocycles. The van der Waals surface area contributed by atoms with Gasteiger partial charge in [0.25, 0.3) is 0 Å². The molecule has 10 rings (SSSR count). The minimum absolute atomic E-state index is 0. The Bertz CT molecular complexity index is 2940. The van der Waals surface area contributed by atoms with Crippen LogP contribution in [0.15, 0.2) is 218 Å². The molecule has 0 radical (unpaired) electrons. The second-order valence-corrected chi connectivity index (χ2v) is 18.4. The molecule has 8 heteroatoms. The van der Waals surface area contributed by atoms with Crippen molar-refractivity contribution in [2.75, 3.05) is 81.3 Å². The van der Waals surface area contributed by atoms with Gasteiger partial charge < -0.3 is 37.9 Å². The highest BCUT2D eigenvalue weighted by atomic mass is 16.5. The third-order valence-electron chi connectivity index (χ3n) is 12.8. The van der Waals surface area contributed by atoms with Crippen LogP contribution < -0.4 is 18.9 Å². The molecule has 10 aromatic rings. The maximum atomic E-state index is 5.63. The van der Waals surface area contributed by atoms with E-state index in [1.54, 1.807) is 28.4 Å². The fourth-order valence-electron chi connectivity index (χ4n) is 8.13. The summed E-state index contributed by atoms with van der Waals surface area (Å²) in [5.41, 5.74) is 5.71. The Hall–Kier alpha value is -7.72. The Morgan fingerprint density at radius 2 is 0.512 bits per heavy atom. The van der Waals surface area contributed by atoms with Gasteiger partial charge in [0.15, 0.2) is 0 Å². The van der Waals surface area contributed by atoms with Crippen LogP contribution in [0.5, 0.6) is 23.0 Å². The summed E-state index contributed by atoms with van der Waals surface area (Å²) in [5, 5.41) is 9.57. The van der Waals surface area contributed by atoms with Gasteiger partial charge in [0.2, 0.25) is 0 Å². The van der Waals surface area contributed by atoms with Crippen molar-refractivity contribution in [3.05, 3.63) is 241 Å². The van der Waals surface area contributed by atoms with Crippen LogP contribution in [0.4, 0.5) is 0 Å². The molecule has 0 aliphatic heterocycles. The molecule has 0 aliphatic carbocycles. The van der Waals surface area contributed by atoms with E-state index in [-0.39, 0.29) is 14.9 Å². The molecule has 0 aromatic heterocycles. The summed E-state index contributed by atoms with van der Waals surface area (Å²) >= 11 is 0. The molecule has 0 saturated carbocycles. The smallest absolute Gasteiger partial charge is 0.127 e. The molecule has 0 saturated heterocycles. The predicted octanol–water partition coefficient (Wildman–Crippen LogP) is 18.4. The van der Waals surface area contributed by atoms with E-state index < -0.39 is 0 Å². The van der Waals surface area contributed by atoms with Gasteiger partial charge in [-0.15, -0.1) is 0 Å². The number of methoxy groups -OCH3 is 4. The van der Waals surface area contributed by atoms with Crippen LogP contribution in [0.3, 0.4) is 0 Å². The minimum Gasteiger partial charge on any atom is -0.491 e. The quantitative estimate of drug-likeness (QED) is 0.0699. The normalized spacial score (nSPS) is 10.0. The van der Waals surface area contributed by atoms with Crippen molar-refractivity contribution in [3.63, 3.8) is 0 Å². The summed E-state index contributed by atoms with van der Waals surface area (Å²) in [6.07, 6.45) is 4.57. The Morgan fingerprint density at radius 1 is 0.244 bits per heavy atom. The molecule has 0 fully saturated rings. The summed E-state index contributed by atoms with van der Waals surface area (Å²) in [4.78, 5) is 0. The maximum absolute atomic E-state index is 5.63. The summed E-state index contributed by atoms with van der Waals surface area (Å²) in [6, 6.07) is 74.9. The number of benzene rings is 10. The Kier molecular flexibility index (Phi) is 34.5. The largest absolute Gasteiger partial charge is 0.491 e. The highest BCUT2D eigenvalue weighted by molar-refractivity contribution is 5.89. The standard InChI is InChI=1S/4C13H14O2.2C10H14.2CH4/c2*1-14-9-10-15-13-8-4-6-11-5-2-3-7-12(11)13;2*1-14-8-9-15-13-7-6-11-4-2-3-5-12(11)10-13;2*1-3-9-5-7-10(4-2)8-6-9;;/h2*2-8H,9-10H2,1H3;2*2-7,10H,8-9H2,1H3;2*5-8H,3-4H2,1-2H3;2*1H4. The lowest BCUT2D eigenvalue weighted by atomic mass is 10.1. The molecule has 0 spiro atoms. The average Bonchev–Trinajstić information content (AvgIpc) is 3.69. The van der Waals surface area contributed by atoms with E-state index in [1.165, 1.54) is 54.6 Å². The van der Waals surface area contributed by atoms with E-state index in [9.17, 15) is 0 Å². The van der Waals surface area contributed by atoms with Crippen LogP contribution in [0.2, 0.25) is 0 Å². The van der Waals surface area contributed by atoms with Gasteiger partial charge in [-0.2, -0.15) is 0 Å². The summed E-state index contributed by atoms with van der Waals surface area (Å²) in [5.74, 6) is 3.63. The lowest BCUT2D eigenvalue weighted by Crippen LogP contribution is -2.04. The van der Waals surface area contributed by atoms with Gasteiger partial charge in [-0.3, -0.25) is 0 Å². The molecular formula is C74H92O8. The van der Waals surface area contributed by atoms with E-state index in [0.29, 0.717) is 52.9 Å². The van der Waals surface area contributed by atoms with Gasteiger partial charge in [-0.05, 0) is 117 Å². The van der Waals surface area contributed by atoms with Crippen molar-refractivity contribution in [1.82, 2.24) is 0 Å². The molecule has 8 nitrogen and oxygen atoms in total. The van der Waals surface area contributed by atoms with E-state index in [4.69, 9.17) is 37.9 Å². The first-order valence-electron chi connectivity index (χ1n) is 27.9. The van der Waals surface area contributed by atoms with Gasteiger partial charge in [-0.25, -0.2) is 0 Å². The lowest BCUT2D eigenvalue weighted by Gasteiger charge is -2.08. The van der Waals surface area contributed by atoms with Crippen molar-refractivity contribution in [3.8, 4) is 23.0 Å². The first-order valence-corrected chi connectivity index (χ1v) is 27.9. The van der Waals surface area contributed by atoms with Crippen LogP contribution in [-0.4, -0.2) is 81.3 Å². The van der Waals surface area contributed by atoms with Gasteiger partial charge in [0, 0.05) is 39.2 Å².